The van der Waals surface area contributed by atoms with E-state index < -0.39 is 0 Å². The highest BCUT2D eigenvalue weighted by atomic mass is 16.5. The normalized spacial score (nSPS) is 10.0. The minimum Gasteiger partial charge on any atom is -0.497 e. The fraction of sp³-hybridized carbons (Fsp3) is 0.176. The third-order valence-corrected chi connectivity index (χ3v) is 3.08. The number of hydrogen-bond acceptors (Lipinski definition) is 3. The Morgan fingerprint density at radius 1 is 1.00 bits per heavy atom. The van der Waals surface area contributed by atoms with Gasteiger partial charge in [-0.1, -0.05) is 24.3 Å². The van der Waals surface area contributed by atoms with Gasteiger partial charge in [0.1, 0.15) is 5.75 Å². The van der Waals surface area contributed by atoms with Gasteiger partial charge in [0.15, 0.2) is 5.78 Å². The Bertz CT molecular complexity index is 647. The van der Waals surface area contributed by atoms with Crippen LogP contribution in [-0.4, -0.2) is 25.3 Å². The van der Waals surface area contributed by atoms with Crippen molar-refractivity contribution in [3.8, 4) is 5.75 Å². The smallest absolute Gasteiger partial charge is 0.251 e. The van der Waals surface area contributed by atoms with Crippen LogP contribution in [0.5, 0.6) is 5.75 Å². The van der Waals surface area contributed by atoms with Crippen molar-refractivity contribution in [3.05, 3.63) is 65.2 Å². The van der Waals surface area contributed by atoms with Crippen molar-refractivity contribution in [2.75, 3.05) is 13.7 Å². The number of ketones is 1. The number of amides is 1. The van der Waals surface area contributed by atoms with E-state index in [1.54, 1.807) is 55.6 Å². The molecule has 2 aromatic carbocycles. The molecule has 0 spiro atoms. The molecular weight excluding hydrogens is 266 g/mol. The zero-order chi connectivity index (χ0) is 15.2. The summed E-state index contributed by atoms with van der Waals surface area (Å²) >= 11 is 0. The zero-order valence-electron chi connectivity index (χ0n) is 12.1. The lowest BCUT2D eigenvalue weighted by Crippen LogP contribution is -2.22. The molecule has 1 amide bonds. The van der Waals surface area contributed by atoms with E-state index in [0.717, 1.165) is 0 Å². The summed E-state index contributed by atoms with van der Waals surface area (Å²) in [5.74, 6) is 0.397. The van der Waals surface area contributed by atoms with Crippen molar-refractivity contribution >= 4 is 11.7 Å². The number of carbonyl (C=O) groups is 2. The molecule has 0 radical (unpaired) electrons. The zero-order valence-corrected chi connectivity index (χ0v) is 12.1. The molecule has 108 valence electrons. The number of benzene rings is 2. The summed E-state index contributed by atoms with van der Waals surface area (Å²) in [6.07, 6.45) is 0. The Labute approximate surface area is 123 Å². The fourth-order valence-corrected chi connectivity index (χ4v) is 1.97. The summed E-state index contributed by atoms with van der Waals surface area (Å²) in [4.78, 5) is 24.0. The molecule has 2 rings (SSSR count). The predicted molar refractivity (Wildman–Crippen MR) is 80.9 cm³/mol. The molecule has 0 aliphatic carbocycles. The van der Waals surface area contributed by atoms with Crippen molar-refractivity contribution in [2.45, 2.75) is 6.92 Å². The summed E-state index contributed by atoms with van der Waals surface area (Å²) in [7, 11) is 1.56. The second-order valence-corrected chi connectivity index (χ2v) is 4.50. The molecular formula is C17H17NO3. The largest absolute Gasteiger partial charge is 0.497 e. The summed E-state index contributed by atoms with van der Waals surface area (Å²) in [6.45, 7) is 2.43. The molecule has 0 heterocycles. The minimum atomic E-state index is -0.141. The average molecular weight is 283 g/mol. The van der Waals surface area contributed by atoms with E-state index in [2.05, 4.69) is 5.32 Å². The average Bonchev–Trinajstić information content (AvgIpc) is 2.54. The number of ether oxygens (including phenoxy) is 1. The van der Waals surface area contributed by atoms with Gasteiger partial charge in [-0.25, -0.2) is 0 Å². The first-order chi connectivity index (χ1) is 10.2. The van der Waals surface area contributed by atoms with Crippen molar-refractivity contribution < 1.29 is 14.3 Å². The van der Waals surface area contributed by atoms with Crippen LogP contribution in [0.25, 0.3) is 0 Å². The molecule has 0 saturated carbocycles. The maximum absolute atomic E-state index is 12.4. The SMILES string of the molecule is CCNC(=O)c1ccc(C(=O)c2cccc(OC)c2)cc1. The van der Waals surface area contributed by atoms with Gasteiger partial charge in [0, 0.05) is 23.2 Å². The topological polar surface area (TPSA) is 55.4 Å². The number of carbonyl (C=O) groups excluding carboxylic acids is 2. The molecule has 1 N–H and O–H groups in total. The summed E-state index contributed by atoms with van der Waals surface area (Å²) in [5.41, 5.74) is 1.63. The van der Waals surface area contributed by atoms with Gasteiger partial charge in [-0.2, -0.15) is 0 Å². The molecule has 0 fully saturated rings. The third-order valence-electron chi connectivity index (χ3n) is 3.08. The maximum atomic E-state index is 12.4. The fourth-order valence-electron chi connectivity index (χ4n) is 1.97. The summed E-state index contributed by atoms with van der Waals surface area (Å²) in [5, 5.41) is 2.72. The standard InChI is InChI=1S/C17H17NO3/c1-3-18-17(20)13-9-7-12(8-10-13)16(19)14-5-4-6-15(11-14)21-2/h4-11H,3H2,1-2H3,(H,18,20). The molecule has 4 heteroatoms. The Morgan fingerprint density at radius 3 is 2.29 bits per heavy atom. The number of hydrogen-bond donors (Lipinski definition) is 1. The molecule has 0 unspecified atom stereocenters. The first-order valence-corrected chi connectivity index (χ1v) is 6.72. The lowest BCUT2D eigenvalue weighted by atomic mass is 10.0. The van der Waals surface area contributed by atoms with E-state index >= 15 is 0 Å². The van der Waals surface area contributed by atoms with Crippen LogP contribution in [0.3, 0.4) is 0 Å². The highest BCUT2D eigenvalue weighted by molar-refractivity contribution is 6.09. The Balaban J connectivity index is 2.21. The number of rotatable bonds is 5. The van der Waals surface area contributed by atoms with E-state index in [9.17, 15) is 9.59 Å². The van der Waals surface area contributed by atoms with Crippen molar-refractivity contribution in [1.82, 2.24) is 5.32 Å². The molecule has 0 atom stereocenters. The molecule has 4 nitrogen and oxygen atoms in total. The maximum Gasteiger partial charge on any atom is 0.251 e. The van der Waals surface area contributed by atoms with Crippen LogP contribution in [0, 0.1) is 0 Å². The first-order valence-electron chi connectivity index (χ1n) is 6.72. The lowest BCUT2D eigenvalue weighted by molar-refractivity contribution is 0.0954. The Kier molecular flexibility index (Phi) is 4.72. The van der Waals surface area contributed by atoms with Gasteiger partial charge in [0.05, 0.1) is 7.11 Å². The second-order valence-electron chi connectivity index (χ2n) is 4.50. The van der Waals surface area contributed by atoms with Crippen LogP contribution < -0.4 is 10.1 Å². The van der Waals surface area contributed by atoms with E-state index in [0.29, 0.717) is 29.0 Å². The molecule has 0 saturated heterocycles. The van der Waals surface area contributed by atoms with Gasteiger partial charge in [0.2, 0.25) is 0 Å². The highest BCUT2D eigenvalue weighted by Crippen LogP contribution is 2.16. The van der Waals surface area contributed by atoms with Crippen molar-refractivity contribution in [3.63, 3.8) is 0 Å². The van der Waals surface area contributed by atoms with Crippen LogP contribution in [0.15, 0.2) is 48.5 Å². The quantitative estimate of drug-likeness (QED) is 0.858. The van der Waals surface area contributed by atoms with E-state index in [1.165, 1.54) is 0 Å². The van der Waals surface area contributed by atoms with E-state index in [4.69, 9.17) is 4.74 Å². The first kappa shape index (κ1) is 14.8. The molecule has 21 heavy (non-hydrogen) atoms. The molecule has 0 aromatic heterocycles. The van der Waals surface area contributed by atoms with Crippen LogP contribution in [0.4, 0.5) is 0 Å². The molecule has 0 aliphatic rings. The molecule has 2 aromatic rings. The van der Waals surface area contributed by atoms with Crippen molar-refractivity contribution in [2.24, 2.45) is 0 Å². The van der Waals surface area contributed by atoms with Gasteiger partial charge in [0.25, 0.3) is 5.91 Å². The van der Waals surface area contributed by atoms with Crippen LogP contribution in [0.2, 0.25) is 0 Å². The predicted octanol–water partition coefficient (Wildman–Crippen LogP) is 2.68. The van der Waals surface area contributed by atoms with Gasteiger partial charge in [-0.3, -0.25) is 9.59 Å². The Morgan fingerprint density at radius 2 is 1.67 bits per heavy atom. The van der Waals surface area contributed by atoms with Gasteiger partial charge in [-0.15, -0.1) is 0 Å². The molecule has 0 bridgehead atoms. The van der Waals surface area contributed by atoms with E-state index in [-0.39, 0.29) is 11.7 Å². The van der Waals surface area contributed by atoms with Gasteiger partial charge < -0.3 is 10.1 Å². The highest BCUT2D eigenvalue weighted by Gasteiger charge is 2.11. The summed E-state index contributed by atoms with van der Waals surface area (Å²) in [6, 6.07) is 13.6. The number of methoxy groups -OCH3 is 1. The van der Waals surface area contributed by atoms with Crippen molar-refractivity contribution in [1.29, 1.82) is 0 Å². The van der Waals surface area contributed by atoms with Gasteiger partial charge >= 0.3 is 0 Å². The second kappa shape index (κ2) is 6.70. The monoisotopic (exact) mass is 283 g/mol. The van der Waals surface area contributed by atoms with Crippen LogP contribution >= 0.6 is 0 Å². The molecule has 0 aliphatic heterocycles. The lowest BCUT2D eigenvalue weighted by Gasteiger charge is -2.05. The minimum absolute atomic E-state index is 0.101. The third kappa shape index (κ3) is 3.48. The Hall–Kier alpha value is -2.62. The van der Waals surface area contributed by atoms with Crippen LogP contribution in [-0.2, 0) is 0 Å². The van der Waals surface area contributed by atoms with Gasteiger partial charge in [-0.05, 0) is 31.2 Å². The van der Waals surface area contributed by atoms with E-state index in [1.807, 2.05) is 6.92 Å². The number of nitrogens with one attached hydrogen (secondary N) is 1. The van der Waals surface area contributed by atoms with Crippen LogP contribution in [0.1, 0.15) is 33.2 Å². The summed E-state index contributed by atoms with van der Waals surface area (Å²) < 4.78 is 5.11.